The Balaban J connectivity index is 1.39. The summed E-state index contributed by atoms with van der Waals surface area (Å²) < 4.78 is 13.6. The van der Waals surface area contributed by atoms with E-state index in [-0.39, 0.29) is 11.7 Å². The second kappa shape index (κ2) is 7.97. The molecule has 3 aromatic rings. The molecule has 0 fully saturated rings. The largest absolute Gasteiger partial charge is 0.486 e. The Morgan fingerprint density at radius 1 is 1.15 bits per heavy atom. The molecule has 1 N–H and O–H groups in total. The van der Waals surface area contributed by atoms with Crippen molar-refractivity contribution in [1.82, 2.24) is 20.2 Å². The van der Waals surface area contributed by atoms with Crippen LogP contribution >= 0.6 is 27.7 Å². The molecule has 10 heteroatoms. The summed E-state index contributed by atoms with van der Waals surface area (Å²) in [4.78, 5) is 12.3. The lowest BCUT2D eigenvalue weighted by Gasteiger charge is -2.18. The van der Waals surface area contributed by atoms with E-state index in [0.29, 0.717) is 35.6 Å². The number of carbonyl (C=O) groups excluding carboxylic acids is 1. The zero-order chi connectivity index (χ0) is 18.6. The molecule has 0 unspecified atom stereocenters. The maximum absolute atomic E-state index is 12.3. The number of hydrogen-bond donors (Lipinski definition) is 1. The van der Waals surface area contributed by atoms with Crippen LogP contribution in [0.5, 0.6) is 11.5 Å². The van der Waals surface area contributed by atoms with Crippen molar-refractivity contribution >= 4 is 39.3 Å². The van der Waals surface area contributed by atoms with E-state index in [1.807, 2.05) is 24.3 Å². The van der Waals surface area contributed by atoms with Gasteiger partial charge in [0, 0.05) is 16.2 Å². The fraction of sp³-hybridized carbons (Fsp3) is 0.176. The molecule has 27 heavy (non-hydrogen) atoms. The molecule has 0 atom stereocenters. The first-order valence-electron chi connectivity index (χ1n) is 8.06. The van der Waals surface area contributed by atoms with Crippen LogP contribution in [-0.4, -0.2) is 45.1 Å². The third kappa shape index (κ3) is 4.22. The number of hydrogen-bond acceptors (Lipinski definition) is 7. The molecular formula is C17H14BrN5O3S. The molecule has 1 amide bonds. The smallest absolute Gasteiger partial charge is 0.234 e. The van der Waals surface area contributed by atoms with Crippen LogP contribution in [0.3, 0.4) is 0 Å². The SMILES string of the molecule is O=C(CSc1nnnn1-c1ccc(Br)cc1)Nc1ccc2c(c1)OCCO2. The summed E-state index contributed by atoms with van der Waals surface area (Å²) in [5.74, 6) is 1.32. The van der Waals surface area contributed by atoms with E-state index >= 15 is 0 Å². The fourth-order valence-electron chi connectivity index (χ4n) is 2.46. The molecule has 8 nitrogen and oxygen atoms in total. The average Bonchev–Trinajstić information content (AvgIpc) is 3.15. The van der Waals surface area contributed by atoms with E-state index in [2.05, 4.69) is 36.8 Å². The second-order valence-electron chi connectivity index (χ2n) is 5.54. The van der Waals surface area contributed by atoms with Crippen molar-refractivity contribution in [3.05, 3.63) is 46.9 Å². The van der Waals surface area contributed by atoms with E-state index in [4.69, 9.17) is 9.47 Å². The van der Waals surface area contributed by atoms with E-state index < -0.39 is 0 Å². The lowest BCUT2D eigenvalue weighted by molar-refractivity contribution is -0.113. The predicted molar refractivity (Wildman–Crippen MR) is 104 cm³/mol. The van der Waals surface area contributed by atoms with Crippen LogP contribution in [0.15, 0.2) is 52.1 Å². The monoisotopic (exact) mass is 447 g/mol. The number of aromatic nitrogens is 4. The number of amides is 1. The minimum absolute atomic E-state index is 0.165. The molecule has 0 saturated heterocycles. The van der Waals surface area contributed by atoms with Gasteiger partial charge in [-0.05, 0) is 46.8 Å². The quantitative estimate of drug-likeness (QED) is 0.601. The number of rotatable bonds is 5. The number of carbonyl (C=O) groups is 1. The first kappa shape index (κ1) is 17.8. The van der Waals surface area contributed by atoms with Gasteiger partial charge in [-0.3, -0.25) is 4.79 Å². The van der Waals surface area contributed by atoms with Crippen molar-refractivity contribution in [2.75, 3.05) is 24.3 Å². The molecule has 2 aromatic carbocycles. The second-order valence-corrected chi connectivity index (χ2v) is 7.40. The first-order valence-corrected chi connectivity index (χ1v) is 9.83. The number of ether oxygens (including phenoxy) is 2. The zero-order valence-corrected chi connectivity index (χ0v) is 16.4. The molecular weight excluding hydrogens is 434 g/mol. The van der Waals surface area contributed by atoms with Crippen LogP contribution in [-0.2, 0) is 4.79 Å². The van der Waals surface area contributed by atoms with Gasteiger partial charge in [0.2, 0.25) is 11.1 Å². The average molecular weight is 448 g/mol. The van der Waals surface area contributed by atoms with Crippen LogP contribution < -0.4 is 14.8 Å². The van der Waals surface area contributed by atoms with Gasteiger partial charge in [-0.25, -0.2) is 0 Å². The van der Waals surface area contributed by atoms with Crippen LogP contribution in [0.25, 0.3) is 5.69 Å². The van der Waals surface area contributed by atoms with Crippen molar-refractivity contribution in [3.63, 3.8) is 0 Å². The summed E-state index contributed by atoms with van der Waals surface area (Å²) in [5.41, 5.74) is 1.47. The van der Waals surface area contributed by atoms with Crippen molar-refractivity contribution in [2.45, 2.75) is 5.16 Å². The number of thioether (sulfide) groups is 1. The van der Waals surface area contributed by atoms with E-state index in [1.54, 1.807) is 22.9 Å². The molecule has 2 heterocycles. The maximum atomic E-state index is 12.3. The number of nitrogens with zero attached hydrogens (tertiary/aromatic N) is 4. The topological polar surface area (TPSA) is 91.2 Å². The predicted octanol–water partition coefficient (Wildman–Crippen LogP) is 2.93. The molecule has 1 aromatic heterocycles. The van der Waals surface area contributed by atoms with Gasteiger partial charge in [0.25, 0.3) is 0 Å². The first-order chi connectivity index (χ1) is 13.2. The fourth-order valence-corrected chi connectivity index (χ4v) is 3.42. The number of fused-ring (bicyclic) bond motifs is 1. The van der Waals surface area contributed by atoms with E-state index in [1.165, 1.54) is 11.8 Å². The third-order valence-electron chi connectivity index (χ3n) is 3.67. The van der Waals surface area contributed by atoms with Gasteiger partial charge < -0.3 is 14.8 Å². The van der Waals surface area contributed by atoms with E-state index in [0.717, 1.165) is 10.2 Å². The van der Waals surface area contributed by atoms with Gasteiger partial charge in [-0.1, -0.05) is 27.7 Å². The van der Waals surface area contributed by atoms with Crippen molar-refractivity contribution in [2.24, 2.45) is 0 Å². The van der Waals surface area contributed by atoms with Gasteiger partial charge in [0.05, 0.1) is 11.4 Å². The molecule has 1 aliphatic heterocycles. The maximum Gasteiger partial charge on any atom is 0.234 e. The molecule has 0 aliphatic carbocycles. The van der Waals surface area contributed by atoms with Crippen molar-refractivity contribution in [1.29, 1.82) is 0 Å². The standard InChI is InChI=1S/C17H14BrN5O3S/c18-11-1-4-13(5-2-11)23-17(20-21-22-23)27-10-16(24)19-12-3-6-14-15(9-12)26-8-7-25-14/h1-6,9H,7-8,10H2,(H,19,24). The molecule has 4 rings (SSSR count). The Kier molecular flexibility index (Phi) is 5.26. The summed E-state index contributed by atoms with van der Waals surface area (Å²) in [7, 11) is 0. The van der Waals surface area contributed by atoms with Crippen LogP contribution in [0.1, 0.15) is 0 Å². The zero-order valence-electron chi connectivity index (χ0n) is 14.0. The Morgan fingerprint density at radius 2 is 1.93 bits per heavy atom. The van der Waals surface area contributed by atoms with E-state index in [9.17, 15) is 4.79 Å². The molecule has 0 radical (unpaired) electrons. The minimum atomic E-state index is -0.165. The highest BCUT2D eigenvalue weighted by molar-refractivity contribution is 9.10. The number of benzene rings is 2. The summed E-state index contributed by atoms with van der Waals surface area (Å²) >= 11 is 4.65. The molecule has 0 saturated carbocycles. The number of halogens is 1. The highest BCUT2D eigenvalue weighted by Crippen LogP contribution is 2.32. The Labute approximate surface area is 167 Å². The number of anilines is 1. The van der Waals surface area contributed by atoms with Gasteiger partial charge >= 0.3 is 0 Å². The molecule has 1 aliphatic rings. The summed E-state index contributed by atoms with van der Waals surface area (Å²) in [6, 6.07) is 12.9. The van der Waals surface area contributed by atoms with Crippen LogP contribution in [0, 0.1) is 0 Å². The summed E-state index contributed by atoms with van der Waals surface area (Å²) in [6.45, 7) is 1.03. The highest BCUT2D eigenvalue weighted by atomic mass is 79.9. The number of tetrazole rings is 1. The molecule has 0 bridgehead atoms. The van der Waals surface area contributed by atoms with Gasteiger partial charge in [-0.15, -0.1) is 5.10 Å². The van der Waals surface area contributed by atoms with Gasteiger partial charge in [-0.2, -0.15) is 4.68 Å². The molecule has 0 spiro atoms. The highest BCUT2D eigenvalue weighted by Gasteiger charge is 2.14. The Bertz CT molecular complexity index is 963. The Morgan fingerprint density at radius 3 is 2.74 bits per heavy atom. The van der Waals surface area contributed by atoms with Crippen LogP contribution in [0.2, 0.25) is 0 Å². The summed E-state index contributed by atoms with van der Waals surface area (Å²) in [6.07, 6.45) is 0. The Hall–Kier alpha value is -2.59. The van der Waals surface area contributed by atoms with Crippen molar-refractivity contribution < 1.29 is 14.3 Å². The van der Waals surface area contributed by atoms with Gasteiger partial charge in [0.1, 0.15) is 13.2 Å². The number of nitrogens with one attached hydrogen (secondary N) is 1. The summed E-state index contributed by atoms with van der Waals surface area (Å²) in [5, 5.41) is 15.0. The normalized spacial score (nSPS) is 12.6. The van der Waals surface area contributed by atoms with Gasteiger partial charge in [0.15, 0.2) is 11.5 Å². The minimum Gasteiger partial charge on any atom is -0.486 e. The molecule has 138 valence electrons. The van der Waals surface area contributed by atoms with Crippen molar-refractivity contribution in [3.8, 4) is 17.2 Å². The third-order valence-corrected chi connectivity index (χ3v) is 5.12. The lowest BCUT2D eigenvalue weighted by Crippen LogP contribution is -2.17. The van der Waals surface area contributed by atoms with Crippen LogP contribution in [0.4, 0.5) is 5.69 Å². The lowest BCUT2D eigenvalue weighted by atomic mass is 10.2.